The number of aryl methyl sites for hydroxylation is 2. The third-order valence-corrected chi connectivity index (χ3v) is 3.70. The minimum atomic E-state index is 0.224. The van der Waals surface area contributed by atoms with Crippen LogP contribution in [0.1, 0.15) is 23.1 Å². The van der Waals surface area contributed by atoms with Gasteiger partial charge in [-0.3, -0.25) is 4.79 Å². The molecule has 20 heavy (non-hydrogen) atoms. The third kappa shape index (κ3) is 4.32. The normalized spacial score (nSPS) is 15.4. The molecule has 1 aromatic rings. The number of amides is 1. The lowest BCUT2D eigenvalue weighted by Crippen LogP contribution is -2.41. The lowest BCUT2D eigenvalue weighted by molar-refractivity contribution is -0.135. The molecule has 0 saturated carbocycles. The molecular weight excluding hydrogens is 252 g/mol. The molecule has 0 unspecified atom stereocenters. The highest BCUT2D eigenvalue weighted by Gasteiger charge is 2.15. The van der Waals surface area contributed by atoms with Crippen molar-refractivity contribution >= 4 is 5.91 Å². The highest BCUT2D eigenvalue weighted by atomic mass is 16.5. The number of morpholine rings is 1. The lowest BCUT2D eigenvalue weighted by atomic mass is 10.1. The van der Waals surface area contributed by atoms with E-state index in [2.05, 4.69) is 37.4 Å². The summed E-state index contributed by atoms with van der Waals surface area (Å²) < 4.78 is 5.25. The largest absolute Gasteiger partial charge is 0.378 e. The van der Waals surface area contributed by atoms with E-state index in [1.807, 2.05) is 4.90 Å². The maximum Gasteiger partial charge on any atom is 0.224 e. The van der Waals surface area contributed by atoms with Crippen molar-refractivity contribution in [2.24, 2.45) is 0 Å². The van der Waals surface area contributed by atoms with Crippen LogP contribution in [0.25, 0.3) is 0 Å². The van der Waals surface area contributed by atoms with Crippen LogP contribution in [0.3, 0.4) is 0 Å². The second-order valence-electron chi connectivity index (χ2n) is 5.35. The Bertz CT molecular complexity index is 454. The zero-order chi connectivity index (χ0) is 14.4. The van der Waals surface area contributed by atoms with Crippen molar-refractivity contribution in [3.8, 4) is 0 Å². The van der Waals surface area contributed by atoms with E-state index in [-0.39, 0.29) is 5.91 Å². The maximum absolute atomic E-state index is 12.0. The van der Waals surface area contributed by atoms with E-state index in [1.165, 1.54) is 16.7 Å². The number of hydrogen-bond donors (Lipinski definition) is 1. The highest BCUT2D eigenvalue weighted by molar-refractivity contribution is 5.76. The molecule has 0 aromatic heterocycles. The van der Waals surface area contributed by atoms with Gasteiger partial charge in [0.2, 0.25) is 5.91 Å². The summed E-state index contributed by atoms with van der Waals surface area (Å²) in [5, 5.41) is 3.36. The summed E-state index contributed by atoms with van der Waals surface area (Å²) >= 11 is 0. The van der Waals surface area contributed by atoms with Crippen LogP contribution >= 0.6 is 0 Å². The lowest BCUT2D eigenvalue weighted by Gasteiger charge is -2.26. The summed E-state index contributed by atoms with van der Waals surface area (Å²) in [6.07, 6.45) is 0.560. The number of rotatable bonds is 5. The maximum atomic E-state index is 12.0. The van der Waals surface area contributed by atoms with Crippen LogP contribution in [0, 0.1) is 13.8 Å². The predicted octanol–water partition coefficient (Wildman–Crippen LogP) is 1.64. The first-order valence-electron chi connectivity index (χ1n) is 7.29. The van der Waals surface area contributed by atoms with E-state index in [4.69, 9.17) is 4.74 Å². The Balaban J connectivity index is 1.70. The smallest absolute Gasteiger partial charge is 0.224 e. The third-order valence-electron chi connectivity index (χ3n) is 3.70. The molecule has 2 rings (SSSR count). The minimum absolute atomic E-state index is 0.224. The fourth-order valence-electron chi connectivity index (χ4n) is 2.38. The molecule has 1 fully saturated rings. The number of benzene rings is 1. The van der Waals surface area contributed by atoms with Crippen molar-refractivity contribution in [1.82, 2.24) is 10.2 Å². The van der Waals surface area contributed by atoms with Gasteiger partial charge in [-0.15, -0.1) is 0 Å². The fraction of sp³-hybridized carbons (Fsp3) is 0.562. The molecule has 0 aliphatic carbocycles. The SMILES string of the molecule is Cc1ccc(C)c(CNCCC(=O)N2CCOCC2)c1. The van der Waals surface area contributed by atoms with Gasteiger partial charge in [0.1, 0.15) is 0 Å². The molecule has 0 atom stereocenters. The van der Waals surface area contributed by atoms with E-state index in [0.717, 1.165) is 26.2 Å². The van der Waals surface area contributed by atoms with Crippen molar-refractivity contribution < 1.29 is 9.53 Å². The van der Waals surface area contributed by atoms with Gasteiger partial charge >= 0.3 is 0 Å². The molecule has 0 bridgehead atoms. The Kier molecular flexibility index (Phi) is 5.56. The predicted molar refractivity (Wildman–Crippen MR) is 79.6 cm³/mol. The van der Waals surface area contributed by atoms with Crippen molar-refractivity contribution in [3.05, 3.63) is 34.9 Å². The molecule has 1 amide bonds. The fourth-order valence-corrected chi connectivity index (χ4v) is 2.38. The average Bonchev–Trinajstić information content (AvgIpc) is 2.47. The van der Waals surface area contributed by atoms with Crippen LogP contribution < -0.4 is 5.32 Å². The highest BCUT2D eigenvalue weighted by Crippen LogP contribution is 2.10. The van der Waals surface area contributed by atoms with Gasteiger partial charge in [0.25, 0.3) is 0 Å². The van der Waals surface area contributed by atoms with E-state index in [1.54, 1.807) is 0 Å². The minimum Gasteiger partial charge on any atom is -0.378 e. The first kappa shape index (κ1) is 15.0. The van der Waals surface area contributed by atoms with Gasteiger partial charge in [-0.1, -0.05) is 23.8 Å². The number of carbonyl (C=O) groups is 1. The van der Waals surface area contributed by atoms with Crippen LogP contribution in [0.15, 0.2) is 18.2 Å². The van der Waals surface area contributed by atoms with E-state index >= 15 is 0 Å². The van der Waals surface area contributed by atoms with Gasteiger partial charge < -0.3 is 15.0 Å². The molecule has 0 radical (unpaired) electrons. The molecule has 1 aliphatic heterocycles. The first-order valence-corrected chi connectivity index (χ1v) is 7.29. The van der Waals surface area contributed by atoms with Gasteiger partial charge in [-0.2, -0.15) is 0 Å². The zero-order valence-corrected chi connectivity index (χ0v) is 12.4. The van der Waals surface area contributed by atoms with E-state index in [0.29, 0.717) is 19.6 Å². The summed E-state index contributed by atoms with van der Waals surface area (Å²) in [6.45, 7) is 8.57. The van der Waals surface area contributed by atoms with Crippen LogP contribution in [-0.4, -0.2) is 43.7 Å². The Morgan fingerprint density at radius 2 is 2.05 bits per heavy atom. The number of carbonyl (C=O) groups excluding carboxylic acids is 1. The van der Waals surface area contributed by atoms with E-state index in [9.17, 15) is 4.79 Å². The van der Waals surface area contributed by atoms with Crippen molar-refractivity contribution in [1.29, 1.82) is 0 Å². The summed E-state index contributed by atoms with van der Waals surface area (Å²) in [5.74, 6) is 0.224. The average molecular weight is 276 g/mol. The monoisotopic (exact) mass is 276 g/mol. The van der Waals surface area contributed by atoms with Crippen molar-refractivity contribution in [2.45, 2.75) is 26.8 Å². The van der Waals surface area contributed by atoms with Crippen molar-refractivity contribution in [2.75, 3.05) is 32.8 Å². The molecule has 1 saturated heterocycles. The molecule has 1 aliphatic rings. The molecular formula is C16H24N2O2. The quantitative estimate of drug-likeness (QED) is 0.831. The standard InChI is InChI=1S/C16H24N2O2/c1-13-3-4-14(2)15(11-13)12-17-6-5-16(19)18-7-9-20-10-8-18/h3-4,11,17H,5-10,12H2,1-2H3. The summed E-state index contributed by atoms with van der Waals surface area (Å²) in [7, 11) is 0. The molecule has 110 valence electrons. The molecule has 4 heteroatoms. The van der Waals surface area contributed by atoms with Crippen LogP contribution in [0.4, 0.5) is 0 Å². The first-order chi connectivity index (χ1) is 9.66. The Labute approximate surface area is 121 Å². The van der Waals surface area contributed by atoms with Gasteiger partial charge in [0, 0.05) is 32.6 Å². The summed E-state index contributed by atoms with van der Waals surface area (Å²) in [5.41, 5.74) is 3.88. The Morgan fingerprint density at radius 3 is 2.80 bits per heavy atom. The zero-order valence-electron chi connectivity index (χ0n) is 12.4. The number of nitrogens with one attached hydrogen (secondary N) is 1. The molecule has 4 nitrogen and oxygen atoms in total. The molecule has 1 heterocycles. The van der Waals surface area contributed by atoms with Crippen molar-refractivity contribution in [3.63, 3.8) is 0 Å². The Morgan fingerprint density at radius 1 is 1.30 bits per heavy atom. The molecule has 0 spiro atoms. The van der Waals surface area contributed by atoms with Crippen LogP contribution in [0.5, 0.6) is 0 Å². The van der Waals surface area contributed by atoms with Crippen LogP contribution in [0.2, 0.25) is 0 Å². The Hall–Kier alpha value is -1.39. The second kappa shape index (κ2) is 7.41. The number of hydrogen-bond acceptors (Lipinski definition) is 3. The van der Waals surface area contributed by atoms with Gasteiger partial charge in [-0.05, 0) is 25.0 Å². The van der Waals surface area contributed by atoms with Gasteiger partial charge in [-0.25, -0.2) is 0 Å². The van der Waals surface area contributed by atoms with Gasteiger partial charge in [0.05, 0.1) is 13.2 Å². The van der Waals surface area contributed by atoms with Gasteiger partial charge in [0.15, 0.2) is 0 Å². The topological polar surface area (TPSA) is 41.6 Å². The second-order valence-corrected chi connectivity index (χ2v) is 5.35. The van der Waals surface area contributed by atoms with Crippen LogP contribution in [-0.2, 0) is 16.1 Å². The van der Waals surface area contributed by atoms with E-state index < -0.39 is 0 Å². The summed E-state index contributed by atoms with van der Waals surface area (Å²) in [4.78, 5) is 13.9. The molecule has 1 aromatic carbocycles. The molecule has 1 N–H and O–H groups in total. The number of ether oxygens (including phenoxy) is 1. The summed E-state index contributed by atoms with van der Waals surface area (Å²) in [6, 6.07) is 6.47. The number of nitrogens with zero attached hydrogens (tertiary/aromatic N) is 1.